The highest BCUT2D eigenvalue weighted by molar-refractivity contribution is 7.90. The highest BCUT2D eigenvalue weighted by Gasteiger charge is 2.65. The molecule has 3 aromatic rings. The predicted octanol–water partition coefficient (Wildman–Crippen LogP) is -1.73. The van der Waals surface area contributed by atoms with Crippen molar-refractivity contribution in [2.24, 2.45) is 0 Å². The molecule has 1 aromatic carbocycles. The van der Waals surface area contributed by atoms with Gasteiger partial charge < -0.3 is 30.5 Å². The number of amides is 1. The molecule has 1 saturated heterocycles. The summed E-state index contributed by atoms with van der Waals surface area (Å²) in [7, 11) is -5.02. The molecule has 2 aliphatic heterocycles. The summed E-state index contributed by atoms with van der Waals surface area (Å²) in [5.74, 6) is -1.65. The number of rotatable bonds is 7. The maximum absolute atomic E-state index is 13.6. The summed E-state index contributed by atoms with van der Waals surface area (Å²) in [6, 6.07) is 6.63. The number of nitrogens with zero attached hydrogens (tertiary/aromatic N) is 4. The lowest BCUT2D eigenvalue weighted by Gasteiger charge is -2.32. The number of cyclic esters (lactones) is 1. The number of aliphatic hydroxyl groups is 3. The van der Waals surface area contributed by atoms with Crippen molar-refractivity contribution in [2.75, 3.05) is 12.3 Å². The number of nitrogens with two attached hydrogens (primary N) is 1. The number of fused-ring (bicyclic) bond motifs is 2. The number of aromatic nitrogens is 4. The Bertz CT molecular complexity index is 1490. The van der Waals surface area contributed by atoms with Crippen LogP contribution in [0.15, 0.2) is 36.9 Å². The van der Waals surface area contributed by atoms with Gasteiger partial charge in [-0.3, -0.25) is 9.36 Å². The lowest BCUT2D eigenvalue weighted by molar-refractivity contribution is -0.120. The first kappa shape index (κ1) is 25.0. The SMILES string of the molecule is Nc1ncnc2c1ncn2[C@]1(S(=O)(=O)NC(=O)CCC2OC(=O)c3ccccc32)O[C@H](CO)[C@@H](O)[C@H]1O. The third-order valence-electron chi connectivity index (χ3n) is 6.32. The normalized spacial score (nSPS) is 27.3. The standard InChI is InChI=1S/C21H22N6O9S/c22-18-15-19(24-8-23-18)27(9-25-15)21(17(31)16(30)13(7-28)36-21)37(33,34)26-14(29)6-5-12-10-3-1-2-4-11(10)20(32)35-12/h1-4,8-9,12-13,16-17,28,30-31H,5-7H2,(H,26,29)(H2,22,23,24)/t12?,13-,16-,17-,21+/m1/s1. The number of sulfonamides is 1. The van der Waals surface area contributed by atoms with Gasteiger partial charge in [0.1, 0.15) is 42.6 Å². The van der Waals surface area contributed by atoms with Crippen LogP contribution in [0, 0.1) is 0 Å². The van der Waals surface area contributed by atoms with Crippen LogP contribution in [0.1, 0.15) is 34.9 Å². The van der Waals surface area contributed by atoms with Crippen molar-refractivity contribution < 1.29 is 42.8 Å². The molecular formula is C21H22N6O9S. The zero-order valence-electron chi connectivity index (χ0n) is 19.0. The van der Waals surface area contributed by atoms with Gasteiger partial charge in [0.25, 0.3) is 10.0 Å². The highest BCUT2D eigenvalue weighted by Crippen LogP contribution is 2.42. The number of ether oxygens (including phenoxy) is 2. The van der Waals surface area contributed by atoms with E-state index >= 15 is 0 Å². The van der Waals surface area contributed by atoms with E-state index < -0.39 is 58.0 Å². The van der Waals surface area contributed by atoms with E-state index in [1.807, 2.05) is 4.72 Å². The van der Waals surface area contributed by atoms with E-state index in [-0.39, 0.29) is 29.8 Å². The summed E-state index contributed by atoms with van der Waals surface area (Å²) in [5, 5.41) is 28.1. The zero-order valence-corrected chi connectivity index (χ0v) is 19.8. The van der Waals surface area contributed by atoms with E-state index in [4.69, 9.17) is 15.2 Å². The summed E-state index contributed by atoms with van der Waals surface area (Å²) >= 11 is 0. The molecule has 0 saturated carbocycles. The summed E-state index contributed by atoms with van der Waals surface area (Å²) in [4.78, 5) is 36.5. The third-order valence-corrected chi connectivity index (χ3v) is 8.12. The van der Waals surface area contributed by atoms with Crippen molar-refractivity contribution in [2.45, 2.75) is 42.3 Å². The summed E-state index contributed by atoms with van der Waals surface area (Å²) in [6.07, 6.45) is -4.77. The molecule has 5 rings (SSSR count). The molecule has 1 unspecified atom stereocenters. The molecule has 2 aromatic heterocycles. The number of imidazole rings is 1. The fraction of sp³-hybridized carbons (Fsp3) is 0.381. The first-order chi connectivity index (χ1) is 17.6. The van der Waals surface area contributed by atoms with E-state index in [1.54, 1.807) is 24.3 Å². The minimum atomic E-state index is -5.02. The number of hydrogen-bond donors (Lipinski definition) is 5. The Labute approximate surface area is 208 Å². The fourth-order valence-electron chi connectivity index (χ4n) is 4.52. The van der Waals surface area contributed by atoms with Crippen LogP contribution >= 0.6 is 0 Å². The molecule has 4 heterocycles. The van der Waals surface area contributed by atoms with Gasteiger partial charge in [0, 0.05) is 12.0 Å². The molecule has 6 N–H and O–H groups in total. The van der Waals surface area contributed by atoms with Crippen LogP contribution in [0.3, 0.4) is 0 Å². The molecule has 37 heavy (non-hydrogen) atoms. The van der Waals surface area contributed by atoms with Crippen LogP contribution in [-0.2, 0) is 29.3 Å². The number of aliphatic hydroxyl groups excluding tert-OH is 3. The molecule has 0 spiro atoms. The third kappa shape index (κ3) is 3.80. The van der Waals surface area contributed by atoms with Gasteiger partial charge in [-0.2, -0.15) is 0 Å². The van der Waals surface area contributed by atoms with Crippen LogP contribution in [-0.4, -0.2) is 80.1 Å². The second kappa shape index (κ2) is 9.00. The van der Waals surface area contributed by atoms with Gasteiger partial charge in [-0.25, -0.2) is 32.9 Å². The maximum Gasteiger partial charge on any atom is 0.339 e. The van der Waals surface area contributed by atoms with Crippen molar-refractivity contribution in [3.63, 3.8) is 0 Å². The number of esters is 1. The Balaban J connectivity index is 1.45. The van der Waals surface area contributed by atoms with E-state index in [0.717, 1.165) is 17.2 Å². The first-order valence-corrected chi connectivity index (χ1v) is 12.5. The van der Waals surface area contributed by atoms with Crippen LogP contribution in [0.2, 0.25) is 0 Å². The number of nitrogen functional groups attached to an aromatic ring is 1. The van der Waals surface area contributed by atoms with Gasteiger partial charge in [0.05, 0.1) is 12.2 Å². The first-order valence-electron chi connectivity index (χ1n) is 11.0. The van der Waals surface area contributed by atoms with Gasteiger partial charge in [-0.05, 0) is 12.5 Å². The lowest BCUT2D eigenvalue weighted by Crippen LogP contribution is -2.56. The minimum Gasteiger partial charge on any atom is -0.454 e. The lowest BCUT2D eigenvalue weighted by atomic mass is 10.0. The second-order valence-corrected chi connectivity index (χ2v) is 10.3. The van der Waals surface area contributed by atoms with Gasteiger partial charge in [-0.1, -0.05) is 18.2 Å². The van der Waals surface area contributed by atoms with Gasteiger partial charge in [0.2, 0.25) is 5.91 Å². The molecule has 2 aliphatic rings. The average Bonchev–Trinajstić information content (AvgIpc) is 3.52. The van der Waals surface area contributed by atoms with E-state index in [1.165, 1.54) is 0 Å². The van der Waals surface area contributed by atoms with Gasteiger partial charge in [-0.15, -0.1) is 0 Å². The van der Waals surface area contributed by atoms with Crippen LogP contribution in [0.5, 0.6) is 0 Å². The smallest absolute Gasteiger partial charge is 0.339 e. The van der Waals surface area contributed by atoms with Crippen molar-refractivity contribution in [3.8, 4) is 0 Å². The number of carbonyl (C=O) groups is 2. The van der Waals surface area contributed by atoms with Crippen LogP contribution in [0.25, 0.3) is 11.2 Å². The van der Waals surface area contributed by atoms with Crippen LogP contribution < -0.4 is 10.5 Å². The Morgan fingerprint density at radius 3 is 2.70 bits per heavy atom. The van der Waals surface area contributed by atoms with E-state index in [2.05, 4.69) is 15.0 Å². The molecule has 16 heteroatoms. The number of hydrogen-bond acceptors (Lipinski definition) is 13. The van der Waals surface area contributed by atoms with Crippen molar-refractivity contribution in [1.82, 2.24) is 24.2 Å². The molecule has 0 bridgehead atoms. The zero-order chi connectivity index (χ0) is 26.5. The Morgan fingerprint density at radius 2 is 1.97 bits per heavy atom. The topological polar surface area (TPSA) is 229 Å². The molecule has 1 fully saturated rings. The highest BCUT2D eigenvalue weighted by atomic mass is 32.2. The minimum absolute atomic E-state index is 0.0251. The molecule has 196 valence electrons. The predicted molar refractivity (Wildman–Crippen MR) is 123 cm³/mol. The monoisotopic (exact) mass is 534 g/mol. The Hall–Kier alpha value is -3.70. The molecule has 0 radical (unpaired) electrons. The fourth-order valence-corrected chi connectivity index (χ4v) is 6.17. The summed E-state index contributed by atoms with van der Waals surface area (Å²) in [6.45, 7) is -0.848. The summed E-state index contributed by atoms with van der Waals surface area (Å²) in [5.41, 5.74) is 6.52. The van der Waals surface area contributed by atoms with E-state index in [9.17, 15) is 33.3 Å². The number of benzene rings is 1. The number of carbonyl (C=O) groups excluding carboxylic acids is 2. The summed E-state index contributed by atoms with van der Waals surface area (Å²) < 4.78 is 40.7. The number of anilines is 1. The largest absolute Gasteiger partial charge is 0.454 e. The second-order valence-electron chi connectivity index (χ2n) is 8.50. The molecule has 15 nitrogen and oxygen atoms in total. The van der Waals surface area contributed by atoms with Crippen molar-refractivity contribution in [1.29, 1.82) is 0 Å². The molecule has 0 aliphatic carbocycles. The molecule has 5 atom stereocenters. The van der Waals surface area contributed by atoms with Crippen molar-refractivity contribution in [3.05, 3.63) is 48.0 Å². The van der Waals surface area contributed by atoms with Crippen molar-refractivity contribution >= 4 is 38.9 Å². The Morgan fingerprint density at radius 1 is 1.22 bits per heavy atom. The quantitative estimate of drug-likeness (QED) is 0.212. The van der Waals surface area contributed by atoms with Gasteiger partial charge in [0.15, 0.2) is 11.5 Å². The Kier molecular flexibility index (Phi) is 6.07. The average molecular weight is 535 g/mol. The number of nitrogens with one attached hydrogen (secondary N) is 1. The molecule has 1 amide bonds. The van der Waals surface area contributed by atoms with Gasteiger partial charge >= 0.3 is 11.0 Å². The van der Waals surface area contributed by atoms with Crippen LogP contribution in [0.4, 0.5) is 5.82 Å². The molecular weight excluding hydrogens is 512 g/mol. The maximum atomic E-state index is 13.6. The van der Waals surface area contributed by atoms with E-state index in [0.29, 0.717) is 11.1 Å².